The molecule has 5 rings (SSSR count). The Morgan fingerprint density at radius 1 is 0.881 bits per heavy atom. The summed E-state index contributed by atoms with van der Waals surface area (Å²) in [5.74, 6) is 0.675. The molecule has 218 valence electrons. The Kier molecular flexibility index (Phi) is 9.55. The predicted molar refractivity (Wildman–Crippen MR) is 167 cm³/mol. The number of nitrogens with one attached hydrogen (secondary N) is 1. The molecule has 0 bridgehead atoms. The number of rotatable bonds is 11. The lowest BCUT2D eigenvalue weighted by atomic mass is 9.88. The third-order valence-electron chi connectivity index (χ3n) is 8.23. The molecule has 4 aromatic rings. The fraction of sp³-hybridized carbons (Fsp3) is 0.333. The summed E-state index contributed by atoms with van der Waals surface area (Å²) in [5, 5.41) is 6.30. The number of benzene rings is 4. The highest BCUT2D eigenvalue weighted by atomic mass is 16.6. The zero-order valence-electron chi connectivity index (χ0n) is 24.7. The zero-order chi connectivity index (χ0) is 29.5. The molecule has 1 amide bonds. The molecule has 0 spiro atoms. The van der Waals surface area contributed by atoms with Gasteiger partial charge in [0.25, 0.3) is 5.91 Å². The van der Waals surface area contributed by atoms with E-state index >= 15 is 0 Å². The second-order valence-corrected chi connectivity index (χ2v) is 11.0. The Hall–Kier alpha value is -4.16. The molecule has 4 aromatic carbocycles. The van der Waals surface area contributed by atoms with E-state index in [0.29, 0.717) is 37.4 Å². The van der Waals surface area contributed by atoms with Crippen molar-refractivity contribution in [2.75, 3.05) is 26.2 Å². The van der Waals surface area contributed by atoms with Gasteiger partial charge >= 0.3 is 5.97 Å². The van der Waals surface area contributed by atoms with Crippen LogP contribution in [0.3, 0.4) is 0 Å². The van der Waals surface area contributed by atoms with Crippen molar-refractivity contribution in [3.63, 3.8) is 0 Å². The van der Waals surface area contributed by atoms with Crippen LogP contribution in [0.4, 0.5) is 0 Å². The topological polar surface area (TPSA) is 67.9 Å². The molecule has 1 heterocycles. The minimum atomic E-state index is -0.666. The van der Waals surface area contributed by atoms with Gasteiger partial charge in [-0.05, 0) is 72.4 Å². The average molecular weight is 565 g/mol. The molecule has 0 aliphatic carbocycles. The summed E-state index contributed by atoms with van der Waals surface area (Å²) in [6.45, 7) is 8.31. The number of ether oxygens (including phenoxy) is 2. The first kappa shape index (κ1) is 29.3. The van der Waals surface area contributed by atoms with E-state index in [1.807, 2.05) is 17.9 Å². The fourth-order valence-corrected chi connectivity index (χ4v) is 5.94. The molecule has 0 radical (unpaired) electrons. The number of hydrogen-bond acceptors (Lipinski definition) is 5. The highest BCUT2D eigenvalue weighted by Gasteiger charge is 2.36. The maximum atomic E-state index is 13.6. The van der Waals surface area contributed by atoms with E-state index < -0.39 is 6.10 Å². The summed E-state index contributed by atoms with van der Waals surface area (Å²) in [4.78, 5) is 27.7. The van der Waals surface area contributed by atoms with Gasteiger partial charge in [-0.25, -0.2) is 4.79 Å². The van der Waals surface area contributed by atoms with Crippen molar-refractivity contribution >= 4 is 22.6 Å². The number of esters is 1. The Morgan fingerprint density at radius 2 is 1.60 bits per heavy atom. The van der Waals surface area contributed by atoms with Gasteiger partial charge in [0, 0.05) is 37.2 Å². The average Bonchev–Trinajstić information content (AvgIpc) is 3.47. The van der Waals surface area contributed by atoms with Crippen LogP contribution in [0.2, 0.25) is 0 Å². The maximum Gasteiger partial charge on any atom is 0.347 e. The van der Waals surface area contributed by atoms with E-state index in [1.54, 1.807) is 31.2 Å². The van der Waals surface area contributed by atoms with Crippen molar-refractivity contribution in [2.45, 2.75) is 45.3 Å². The van der Waals surface area contributed by atoms with Crippen molar-refractivity contribution in [1.29, 1.82) is 0 Å². The first-order chi connectivity index (χ1) is 20.5. The van der Waals surface area contributed by atoms with Crippen LogP contribution in [-0.2, 0) is 9.53 Å². The molecule has 1 fully saturated rings. The highest BCUT2D eigenvalue weighted by molar-refractivity contribution is 5.94. The van der Waals surface area contributed by atoms with Crippen LogP contribution in [-0.4, -0.2) is 49.1 Å². The molecule has 1 N–H and O–H groups in total. The summed E-state index contributed by atoms with van der Waals surface area (Å²) in [5.41, 5.74) is 3.15. The molecule has 0 saturated carbocycles. The normalized spacial score (nSPS) is 18.0. The number of amides is 1. The molecule has 1 aliphatic heterocycles. The van der Waals surface area contributed by atoms with Gasteiger partial charge in [-0.15, -0.1) is 0 Å². The SMILES string of the molecule is CCOC(=O)C(CC)Oc1ccc(C(=O)N2C[C@H](CNC(C)c3cccc4ccccc34)[C@@H](c3ccccc3)C2)cc1. The van der Waals surface area contributed by atoms with Gasteiger partial charge in [0.1, 0.15) is 5.75 Å². The van der Waals surface area contributed by atoms with Gasteiger partial charge in [0.2, 0.25) is 0 Å². The van der Waals surface area contributed by atoms with Gasteiger partial charge in [0.05, 0.1) is 6.61 Å². The largest absolute Gasteiger partial charge is 0.479 e. The van der Waals surface area contributed by atoms with Crippen molar-refractivity contribution in [1.82, 2.24) is 10.2 Å². The quantitative estimate of drug-likeness (QED) is 0.204. The zero-order valence-corrected chi connectivity index (χ0v) is 24.7. The van der Waals surface area contributed by atoms with Gasteiger partial charge in [0.15, 0.2) is 6.10 Å². The monoisotopic (exact) mass is 564 g/mol. The third kappa shape index (κ3) is 6.66. The summed E-state index contributed by atoms with van der Waals surface area (Å²) in [7, 11) is 0. The predicted octanol–water partition coefficient (Wildman–Crippen LogP) is 6.77. The summed E-state index contributed by atoms with van der Waals surface area (Å²) in [6.07, 6.45) is -0.163. The lowest BCUT2D eigenvalue weighted by Crippen LogP contribution is -2.32. The van der Waals surface area contributed by atoms with Gasteiger partial charge in [-0.2, -0.15) is 0 Å². The first-order valence-corrected chi connectivity index (χ1v) is 15.0. The van der Waals surface area contributed by atoms with E-state index in [1.165, 1.54) is 21.9 Å². The summed E-state index contributed by atoms with van der Waals surface area (Å²) >= 11 is 0. The number of fused-ring (bicyclic) bond motifs is 1. The highest BCUT2D eigenvalue weighted by Crippen LogP contribution is 2.34. The van der Waals surface area contributed by atoms with E-state index in [4.69, 9.17) is 9.47 Å². The molecule has 1 aliphatic rings. The molecule has 0 aromatic heterocycles. The van der Waals surface area contributed by atoms with Crippen molar-refractivity contribution in [2.24, 2.45) is 5.92 Å². The minimum absolute atomic E-state index is 0.00418. The number of hydrogen-bond donors (Lipinski definition) is 1. The fourth-order valence-electron chi connectivity index (χ4n) is 5.94. The standard InChI is InChI=1S/C36H40N2O4/c1-4-34(36(40)41-5-2)42-30-20-18-28(19-21-30)35(39)38-23-29(33(24-38)27-12-7-6-8-13-27)22-37-25(3)31-17-11-15-26-14-9-10-16-32(26)31/h6-21,25,29,33-34,37H,4-5,22-24H2,1-3H3/t25?,29-,33+,34?/m0/s1. The number of carbonyl (C=O) groups is 2. The Bertz CT molecular complexity index is 1480. The van der Waals surface area contributed by atoms with Crippen LogP contribution in [0.15, 0.2) is 97.1 Å². The second-order valence-electron chi connectivity index (χ2n) is 11.0. The summed E-state index contributed by atoms with van der Waals surface area (Å²) < 4.78 is 10.9. The molecular weight excluding hydrogens is 524 g/mol. The van der Waals surface area contributed by atoms with Crippen LogP contribution < -0.4 is 10.1 Å². The molecule has 6 heteroatoms. The number of carbonyl (C=O) groups excluding carboxylic acids is 2. The summed E-state index contributed by atoms with van der Waals surface area (Å²) in [6, 6.07) is 32.7. The molecule has 1 saturated heterocycles. The van der Waals surface area contributed by atoms with Crippen LogP contribution in [0.5, 0.6) is 5.75 Å². The van der Waals surface area contributed by atoms with Crippen LogP contribution in [0.1, 0.15) is 60.6 Å². The molecule has 42 heavy (non-hydrogen) atoms. The molecule has 2 unspecified atom stereocenters. The van der Waals surface area contributed by atoms with Gasteiger partial charge in [-0.3, -0.25) is 4.79 Å². The van der Waals surface area contributed by atoms with Crippen molar-refractivity contribution in [3.8, 4) is 5.75 Å². The first-order valence-electron chi connectivity index (χ1n) is 15.0. The number of likely N-dealkylation sites (tertiary alicyclic amines) is 1. The van der Waals surface area contributed by atoms with E-state index in [0.717, 1.165) is 6.54 Å². The minimum Gasteiger partial charge on any atom is -0.479 e. The molecule has 4 atom stereocenters. The smallest absolute Gasteiger partial charge is 0.347 e. The second kappa shape index (κ2) is 13.7. The van der Waals surface area contributed by atoms with E-state index in [2.05, 4.69) is 79.0 Å². The molecular formula is C36H40N2O4. The van der Waals surface area contributed by atoms with E-state index in [9.17, 15) is 9.59 Å². The van der Waals surface area contributed by atoms with Crippen LogP contribution in [0.25, 0.3) is 10.8 Å². The van der Waals surface area contributed by atoms with Crippen LogP contribution in [0, 0.1) is 5.92 Å². The van der Waals surface area contributed by atoms with E-state index in [-0.39, 0.29) is 29.8 Å². The van der Waals surface area contributed by atoms with Gasteiger partial charge in [-0.1, -0.05) is 79.7 Å². The third-order valence-corrected chi connectivity index (χ3v) is 8.23. The lowest BCUT2D eigenvalue weighted by Gasteiger charge is -2.23. The Morgan fingerprint density at radius 3 is 2.33 bits per heavy atom. The van der Waals surface area contributed by atoms with Crippen molar-refractivity contribution < 1.29 is 19.1 Å². The maximum absolute atomic E-state index is 13.6. The van der Waals surface area contributed by atoms with Crippen LogP contribution >= 0.6 is 0 Å². The Labute approximate surface area is 248 Å². The Balaban J connectivity index is 1.28. The lowest BCUT2D eigenvalue weighted by molar-refractivity contribution is -0.151. The van der Waals surface area contributed by atoms with Gasteiger partial charge < -0.3 is 19.7 Å². The number of nitrogens with zero attached hydrogens (tertiary/aromatic N) is 1. The van der Waals surface area contributed by atoms with Crippen molar-refractivity contribution in [3.05, 3.63) is 114 Å². The molecule has 6 nitrogen and oxygen atoms in total.